The molecule has 1 aliphatic heterocycles. The number of hydrogen-bond donors (Lipinski definition) is 1. The minimum atomic E-state index is -0.234. The predicted octanol–water partition coefficient (Wildman–Crippen LogP) is 3.69. The van der Waals surface area contributed by atoms with Gasteiger partial charge in [-0.2, -0.15) is 0 Å². The van der Waals surface area contributed by atoms with Crippen LogP contribution in [-0.4, -0.2) is 25.8 Å². The number of amides is 1. The van der Waals surface area contributed by atoms with Crippen molar-refractivity contribution in [2.24, 2.45) is 0 Å². The Morgan fingerprint density at radius 1 is 1.18 bits per heavy atom. The van der Waals surface area contributed by atoms with Gasteiger partial charge >= 0.3 is 0 Å². The Morgan fingerprint density at radius 2 is 2.00 bits per heavy atom. The second kappa shape index (κ2) is 6.89. The van der Waals surface area contributed by atoms with Crippen LogP contribution in [0.15, 0.2) is 34.9 Å². The number of aromatic nitrogens is 4. The van der Waals surface area contributed by atoms with Crippen molar-refractivity contribution < 1.29 is 9.32 Å². The Labute approximate surface area is 163 Å². The van der Waals surface area contributed by atoms with E-state index in [0.29, 0.717) is 17.5 Å². The van der Waals surface area contributed by atoms with Gasteiger partial charge in [-0.3, -0.25) is 4.79 Å². The maximum Gasteiger partial charge on any atom is 0.277 e. The molecule has 0 saturated heterocycles. The zero-order valence-corrected chi connectivity index (χ0v) is 15.9. The molecule has 0 radical (unpaired) electrons. The number of carbonyl (C=O) groups excluding carboxylic acids is 1. The largest absolute Gasteiger partial charge is 0.360 e. The van der Waals surface area contributed by atoms with Crippen molar-refractivity contribution >= 4 is 11.6 Å². The lowest BCUT2D eigenvalue weighted by molar-refractivity contribution is 0.101. The van der Waals surface area contributed by atoms with Crippen LogP contribution >= 0.6 is 0 Å². The van der Waals surface area contributed by atoms with Crippen LogP contribution in [-0.2, 0) is 19.4 Å². The molecular weight excluding hydrogens is 354 g/mol. The summed E-state index contributed by atoms with van der Waals surface area (Å²) in [5, 5.41) is 15.4. The van der Waals surface area contributed by atoms with Crippen molar-refractivity contribution in [1.29, 1.82) is 0 Å². The first-order valence-corrected chi connectivity index (χ1v) is 10.00. The molecule has 1 atom stereocenters. The van der Waals surface area contributed by atoms with Gasteiger partial charge in [-0.05, 0) is 37.0 Å². The summed E-state index contributed by atoms with van der Waals surface area (Å²) in [4.78, 5) is 12.4. The molecule has 0 bridgehead atoms. The smallest absolute Gasteiger partial charge is 0.277 e. The van der Waals surface area contributed by atoms with E-state index in [-0.39, 0.29) is 5.91 Å². The minimum absolute atomic E-state index is 0.234. The molecule has 2 aliphatic rings. The van der Waals surface area contributed by atoms with Gasteiger partial charge in [0.25, 0.3) is 5.91 Å². The number of fused-ring (bicyclic) bond motifs is 1. The van der Waals surface area contributed by atoms with E-state index in [1.807, 2.05) is 12.1 Å². The van der Waals surface area contributed by atoms with Crippen molar-refractivity contribution in [2.75, 3.05) is 5.32 Å². The topological polar surface area (TPSA) is 85.8 Å². The van der Waals surface area contributed by atoms with Gasteiger partial charge in [-0.15, -0.1) is 10.2 Å². The number of rotatable bonds is 5. The highest BCUT2D eigenvalue weighted by Crippen LogP contribution is 2.40. The average Bonchev–Trinajstić information content (AvgIpc) is 3.30. The van der Waals surface area contributed by atoms with Crippen molar-refractivity contribution in [1.82, 2.24) is 19.9 Å². The van der Waals surface area contributed by atoms with E-state index in [4.69, 9.17) is 4.52 Å². The van der Waals surface area contributed by atoms with Crippen molar-refractivity contribution in [3.05, 3.63) is 59.0 Å². The highest BCUT2D eigenvalue weighted by Gasteiger charge is 2.29. The first-order valence-electron chi connectivity index (χ1n) is 10.00. The van der Waals surface area contributed by atoms with Gasteiger partial charge < -0.3 is 14.4 Å². The molecule has 5 rings (SSSR count). The monoisotopic (exact) mass is 377 g/mol. The quantitative estimate of drug-likeness (QED) is 0.733. The summed E-state index contributed by atoms with van der Waals surface area (Å²) in [5.74, 6) is 3.62. The summed E-state index contributed by atoms with van der Waals surface area (Å²) < 4.78 is 7.52. The van der Waals surface area contributed by atoms with E-state index in [0.717, 1.165) is 61.7 Å². The fourth-order valence-corrected chi connectivity index (χ4v) is 3.91. The summed E-state index contributed by atoms with van der Waals surface area (Å²) in [5.41, 5.74) is 2.38. The number of carbonyl (C=O) groups is 1. The van der Waals surface area contributed by atoms with E-state index in [9.17, 15) is 4.79 Å². The van der Waals surface area contributed by atoms with Gasteiger partial charge in [0.1, 0.15) is 17.4 Å². The lowest BCUT2D eigenvalue weighted by Gasteiger charge is -2.24. The number of nitrogens with zero attached hydrogens (tertiary/aromatic N) is 4. The second-order valence-electron chi connectivity index (χ2n) is 7.70. The molecule has 1 aliphatic carbocycles. The van der Waals surface area contributed by atoms with Crippen LogP contribution in [0, 0.1) is 0 Å². The summed E-state index contributed by atoms with van der Waals surface area (Å²) in [7, 11) is 0. The summed E-state index contributed by atoms with van der Waals surface area (Å²) in [6.45, 7) is 3.03. The Bertz CT molecular complexity index is 987. The van der Waals surface area contributed by atoms with Crippen LogP contribution in [0.5, 0.6) is 0 Å². The molecule has 0 spiro atoms. The summed E-state index contributed by atoms with van der Waals surface area (Å²) >= 11 is 0. The van der Waals surface area contributed by atoms with Gasteiger partial charge in [-0.1, -0.05) is 24.2 Å². The van der Waals surface area contributed by atoms with Crippen molar-refractivity contribution in [3.8, 4) is 0 Å². The molecule has 144 valence electrons. The number of anilines is 1. The Morgan fingerprint density at radius 3 is 2.75 bits per heavy atom. The normalized spacial score (nSPS) is 18.7. The molecule has 28 heavy (non-hydrogen) atoms. The van der Waals surface area contributed by atoms with Crippen LogP contribution in [0.25, 0.3) is 0 Å². The van der Waals surface area contributed by atoms with Crippen LogP contribution in [0.3, 0.4) is 0 Å². The van der Waals surface area contributed by atoms with Crippen LogP contribution in [0.4, 0.5) is 5.69 Å². The van der Waals surface area contributed by atoms with Gasteiger partial charge in [-0.25, -0.2) is 0 Å². The first kappa shape index (κ1) is 17.2. The molecule has 7 nitrogen and oxygen atoms in total. The number of aryl methyl sites for hydroxylation is 2. The molecule has 2 aromatic heterocycles. The first-order chi connectivity index (χ1) is 13.7. The maximum atomic E-state index is 12.4. The standard InChI is InChI=1S/C21H23N5O2/c1-2-19-23-24-20-10-7-15(12-26(19)20)13-5-8-16(9-6-13)22-21(27)17-11-18(28-25-17)14-3-4-14/h5-6,8-9,11,14-15H,2-4,7,10,12H2,1H3,(H,22,27)/t15-/m0/s1. The third-order valence-electron chi connectivity index (χ3n) is 5.72. The van der Waals surface area contributed by atoms with Crippen LogP contribution < -0.4 is 5.32 Å². The third-order valence-corrected chi connectivity index (χ3v) is 5.72. The zero-order chi connectivity index (χ0) is 19.1. The van der Waals surface area contributed by atoms with Gasteiger partial charge in [0.15, 0.2) is 5.69 Å². The van der Waals surface area contributed by atoms with Gasteiger partial charge in [0.2, 0.25) is 0 Å². The minimum Gasteiger partial charge on any atom is -0.360 e. The molecule has 0 unspecified atom stereocenters. The number of benzene rings is 1. The van der Waals surface area contributed by atoms with Gasteiger partial charge in [0, 0.05) is 43.0 Å². The molecule has 3 aromatic rings. The average molecular weight is 377 g/mol. The van der Waals surface area contributed by atoms with Crippen molar-refractivity contribution in [2.45, 2.75) is 57.4 Å². The highest BCUT2D eigenvalue weighted by molar-refractivity contribution is 6.02. The third kappa shape index (κ3) is 3.21. The fraction of sp³-hybridized carbons (Fsp3) is 0.429. The van der Waals surface area contributed by atoms with E-state index in [1.54, 1.807) is 6.07 Å². The lowest BCUT2D eigenvalue weighted by atomic mass is 9.91. The van der Waals surface area contributed by atoms with Gasteiger partial charge in [0.05, 0.1) is 0 Å². The number of nitrogens with one attached hydrogen (secondary N) is 1. The highest BCUT2D eigenvalue weighted by atomic mass is 16.5. The fourth-order valence-electron chi connectivity index (χ4n) is 3.91. The molecule has 1 aromatic carbocycles. The number of hydrogen-bond acceptors (Lipinski definition) is 5. The molecular formula is C21H23N5O2. The SMILES string of the molecule is CCc1nnc2n1C[C@@H](c1ccc(NC(=O)c3cc(C4CC4)on3)cc1)CC2. The van der Waals surface area contributed by atoms with Crippen LogP contribution in [0.1, 0.15) is 71.5 Å². The molecule has 1 amide bonds. The second-order valence-corrected chi connectivity index (χ2v) is 7.70. The maximum absolute atomic E-state index is 12.4. The zero-order valence-electron chi connectivity index (χ0n) is 15.9. The van der Waals surface area contributed by atoms with Crippen molar-refractivity contribution in [3.63, 3.8) is 0 Å². The van der Waals surface area contributed by atoms with E-state index in [2.05, 4.69) is 44.3 Å². The summed E-state index contributed by atoms with van der Waals surface area (Å²) in [6.07, 6.45) is 5.15. The Balaban J connectivity index is 1.26. The lowest BCUT2D eigenvalue weighted by Crippen LogP contribution is -2.20. The molecule has 1 saturated carbocycles. The summed E-state index contributed by atoms with van der Waals surface area (Å²) in [6, 6.07) is 9.86. The van der Waals surface area contributed by atoms with E-state index >= 15 is 0 Å². The molecule has 7 heteroatoms. The van der Waals surface area contributed by atoms with E-state index in [1.165, 1.54) is 5.56 Å². The van der Waals surface area contributed by atoms with Crippen LogP contribution in [0.2, 0.25) is 0 Å². The molecule has 1 fully saturated rings. The Kier molecular flexibility index (Phi) is 4.22. The Hall–Kier alpha value is -2.96. The molecule has 3 heterocycles. The molecule has 1 N–H and O–H groups in total. The van der Waals surface area contributed by atoms with E-state index < -0.39 is 0 Å². The predicted molar refractivity (Wildman–Crippen MR) is 103 cm³/mol.